The maximum Gasteiger partial charge on any atom is 0.185 e. The van der Waals surface area contributed by atoms with Gasteiger partial charge in [-0.05, 0) is 40.0 Å². The Morgan fingerprint density at radius 2 is 1.95 bits per heavy atom. The molecule has 1 atom stereocenters. The van der Waals surface area contributed by atoms with Crippen LogP contribution >= 0.6 is 11.3 Å². The monoisotopic (exact) mass is 283 g/mol. The maximum absolute atomic E-state index is 4.55. The van der Waals surface area contributed by atoms with Gasteiger partial charge in [0.25, 0.3) is 0 Å². The highest BCUT2D eigenvalue weighted by molar-refractivity contribution is 7.15. The van der Waals surface area contributed by atoms with Crippen LogP contribution in [-0.4, -0.2) is 23.6 Å². The molecule has 0 aliphatic rings. The molecule has 1 aromatic heterocycles. The Bertz CT molecular complexity index is 379. The van der Waals surface area contributed by atoms with Crippen molar-refractivity contribution in [1.29, 1.82) is 0 Å². The molecule has 0 bridgehead atoms. The van der Waals surface area contributed by atoms with Gasteiger partial charge in [0.15, 0.2) is 5.13 Å². The van der Waals surface area contributed by atoms with Crippen molar-refractivity contribution in [3.05, 3.63) is 11.1 Å². The van der Waals surface area contributed by atoms with Crippen molar-refractivity contribution in [1.82, 2.24) is 10.3 Å². The summed E-state index contributed by atoms with van der Waals surface area (Å²) in [7, 11) is 2.15. The van der Waals surface area contributed by atoms with Gasteiger partial charge in [-0.25, -0.2) is 4.98 Å². The number of nitrogens with one attached hydrogen (secondary N) is 1. The third-order valence-corrected chi connectivity index (χ3v) is 4.20. The molecule has 0 aliphatic carbocycles. The third kappa shape index (κ3) is 5.91. The fraction of sp³-hybridized carbons (Fsp3) is 0.800. The van der Waals surface area contributed by atoms with E-state index < -0.39 is 0 Å². The summed E-state index contributed by atoms with van der Waals surface area (Å²) in [4.78, 5) is 8.15. The van der Waals surface area contributed by atoms with Crippen molar-refractivity contribution < 1.29 is 0 Å². The average Bonchev–Trinajstić information content (AvgIpc) is 2.72. The Balaban J connectivity index is 2.58. The van der Waals surface area contributed by atoms with E-state index in [1.807, 2.05) is 6.20 Å². The molecule has 4 heteroatoms. The van der Waals surface area contributed by atoms with Crippen LogP contribution in [0.25, 0.3) is 0 Å². The summed E-state index contributed by atoms with van der Waals surface area (Å²) in [6.45, 7) is 14.3. The molecule has 1 unspecified atom stereocenters. The Kier molecular flexibility index (Phi) is 5.81. The van der Waals surface area contributed by atoms with Gasteiger partial charge in [-0.15, -0.1) is 11.3 Å². The van der Waals surface area contributed by atoms with E-state index in [9.17, 15) is 0 Å². The molecule has 0 fully saturated rings. The summed E-state index contributed by atoms with van der Waals surface area (Å²) in [5.41, 5.74) is 0.154. The van der Waals surface area contributed by atoms with E-state index in [0.29, 0.717) is 6.04 Å². The van der Waals surface area contributed by atoms with Crippen LogP contribution in [0.15, 0.2) is 6.20 Å². The normalized spacial score (nSPS) is 13.9. The number of thiazole rings is 1. The van der Waals surface area contributed by atoms with E-state index in [-0.39, 0.29) is 5.54 Å². The molecule has 1 heterocycles. The van der Waals surface area contributed by atoms with Gasteiger partial charge >= 0.3 is 0 Å². The predicted octanol–water partition coefficient (Wildman–Crippen LogP) is 3.90. The smallest absolute Gasteiger partial charge is 0.185 e. The van der Waals surface area contributed by atoms with Crippen LogP contribution in [0.1, 0.15) is 52.8 Å². The van der Waals surface area contributed by atoms with Crippen LogP contribution in [0, 0.1) is 5.92 Å². The molecule has 19 heavy (non-hydrogen) atoms. The van der Waals surface area contributed by atoms with Crippen LogP contribution in [0.3, 0.4) is 0 Å². The number of anilines is 1. The summed E-state index contributed by atoms with van der Waals surface area (Å²) in [5, 5.41) is 4.63. The Hall–Kier alpha value is -0.610. The lowest BCUT2D eigenvalue weighted by molar-refractivity contribution is 0.426. The topological polar surface area (TPSA) is 28.2 Å². The zero-order valence-electron chi connectivity index (χ0n) is 13.4. The second-order valence-electron chi connectivity index (χ2n) is 6.80. The van der Waals surface area contributed by atoms with Crippen LogP contribution in [0.2, 0.25) is 0 Å². The molecular weight excluding hydrogens is 254 g/mol. The minimum absolute atomic E-state index is 0.154. The first kappa shape index (κ1) is 16.4. The molecule has 1 rings (SSSR count). The minimum atomic E-state index is 0.154. The van der Waals surface area contributed by atoms with Crippen molar-refractivity contribution in [3.63, 3.8) is 0 Å². The van der Waals surface area contributed by atoms with Gasteiger partial charge in [0, 0.05) is 36.2 Å². The van der Waals surface area contributed by atoms with E-state index in [1.165, 1.54) is 11.3 Å². The van der Waals surface area contributed by atoms with E-state index in [1.54, 1.807) is 11.3 Å². The van der Waals surface area contributed by atoms with Gasteiger partial charge < -0.3 is 10.2 Å². The van der Waals surface area contributed by atoms with Crippen molar-refractivity contribution in [2.75, 3.05) is 11.9 Å². The molecule has 110 valence electrons. The number of nitrogens with zero attached hydrogens (tertiary/aromatic N) is 2. The summed E-state index contributed by atoms with van der Waals surface area (Å²) in [6, 6.07) is 0.537. The second-order valence-corrected chi connectivity index (χ2v) is 7.90. The second kappa shape index (κ2) is 6.71. The Labute approximate surface area is 122 Å². The summed E-state index contributed by atoms with van der Waals surface area (Å²) in [6.07, 6.45) is 3.20. The first-order chi connectivity index (χ1) is 8.69. The number of rotatable bonds is 6. The van der Waals surface area contributed by atoms with E-state index >= 15 is 0 Å². The minimum Gasteiger partial charge on any atom is -0.348 e. The number of aromatic nitrogens is 1. The van der Waals surface area contributed by atoms with Crippen molar-refractivity contribution >= 4 is 16.5 Å². The first-order valence-electron chi connectivity index (χ1n) is 7.11. The Morgan fingerprint density at radius 3 is 2.47 bits per heavy atom. The molecule has 0 saturated carbocycles. The van der Waals surface area contributed by atoms with Crippen LogP contribution < -0.4 is 10.2 Å². The third-order valence-electron chi connectivity index (χ3n) is 3.11. The summed E-state index contributed by atoms with van der Waals surface area (Å²) < 4.78 is 0. The summed E-state index contributed by atoms with van der Waals surface area (Å²) >= 11 is 1.79. The Morgan fingerprint density at radius 1 is 1.32 bits per heavy atom. The van der Waals surface area contributed by atoms with Gasteiger partial charge in [0.1, 0.15) is 0 Å². The first-order valence-corrected chi connectivity index (χ1v) is 7.93. The SMILES string of the molecule is CC(C)CC(C)N(C)c1ncc(CNC(C)(C)C)s1. The lowest BCUT2D eigenvalue weighted by Gasteiger charge is -2.25. The van der Waals surface area contributed by atoms with Gasteiger partial charge in [-0.2, -0.15) is 0 Å². The zero-order valence-corrected chi connectivity index (χ0v) is 14.3. The molecule has 0 aromatic carbocycles. The van der Waals surface area contributed by atoms with Crippen molar-refractivity contribution in [2.45, 2.75) is 66.1 Å². The molecule has 1 N–H and O–H groups in total. The fourth-order valence-corrected chi connectivity index (χ4v) is 2.84. The van der Waals surface area contributed by atoms with Crippen LogP contribution in [0.5, 0.6) is 0 Å². The van der Waals surface area contributed by atoms with Gasteiger partial charge in [0.05, 0.1) is 0 Å². The average molecular weight is 283 g/mol. The van der Waals surface area contributed by atoms with Crippen molar-refractivity contribution in [2.24, 2.45) is 5.92 Å². The highest BCUT2D eigenvalue weighted by atomic mass is 32.1. The lowest BCUT2D eigenvalue weighted by Crippen LogP contribution is -2.34. The van der Waals surface area contributed by atoms with E-state index in [0.717, 1.165) is 17.6 Å². The van der Waals surface area contributed by atoms with Crippen LogP contribution in [0.4, 0.5) is 5.13 Å². The standard InChI is InChI=1S/C15H29N3S/c1-11(2)8-12(3)18(7)14-16-9-13(19-14)10-17-15(4,5)6/h9,11-12,17H,8,10H2,1-7H3. The van der Waals surface area contributed by atoms with Gasteiger partial charge in [-0.1, -0.05) is 13.8 Å². The van der Waals surface area contributed by atoms with E-state index in [2.05, 4.69) is 63.8 Å². The van der Waals surface area contributed by atoms with Gasteiger partial charge in [0.2, 0.25) is 0 Å². The molecule has 1 aromatic rings. The maximum atomic E-state index is 4.55. The van der Waals surface area contributed by atoms with Crippen LogP contribution in [-0.2, 0) is 6.54 Å². The quantitative estimate of drug-likeness (QED) is 0.858. The highest BCUT2D eigenvalue weighted by Crippen LogP contribution is 2.25. The molecule has 0 amide bonds. The predicted molar refractivity (Wildman–Crippen MR) is 86.0 cm³/mol. The van der Waals surface area contributed by atoms with Gasteiger partial charge in [-0.3, -0.25) is 0 Å². The number of hydrogen-bond donors (Lipinski definition) is 1. The number of hydrogen-bond acceptors (Lipinski definition) is 4. The molecule has 3 nitrogen and oxygen atoms in total. The molecule has 0 saturated heterocycles. The fourth-order valence-electron chi connectivity index (χ4n) is 1.92. The summed E-state index contributed by atoms with van der Waals surface area (Å²) in [5.74, 6) is 0.722. The molecule has 0 spiro atoms. The molecule has 0 aliphatic heterocycles. The zero-order chi connectivity index (χ0) is 14.6. The largest absolute Gasteiger partial charge is 0.348 e. The highest BCUT2D eigenvalue weighted by Gasteiger charge is 2.15. The van der Waals surface area contributed by atoms with E-state index in [4.69, 9.17) is 0 Å². The van der Waals surface area contributed by atoms with Crippen molar-refractivity contribution in [3.8, 4) is 0 Å². The lowest BCUT2D eigenvalue weighted by atomic mass is 10.0. The molecular formula is C15H29N3S. The molecule has 0 radical (unpaired) electrons.